The van der Waals surface area contributed by atoms with E-state index in [4.69, 9.17) is 4.43 Å². The molecular formula is C25H35O3SSi. The first-order valence-electron chi connectivity index (χ1n) is 10.7. The van der Waals surface area contributed by atoms with Gasteiger partial charge in [-0.05, 0) is 41.2 Å². The van der Waals surface area contributed by atoms with Gasteiger partial charge in [0.2, 0.25) is 0 Å². The molecule has 0 heterocycles. The third-order valence-electron chi connectivity index (χ3n) is 7.13. The highest BCUT2D eigenvalue weighted by Crippen LogP contribution is 2.58. The van der Waals surface area contributed by atoms with Crippen LogP contribution < -0.4 is 0 Å². The van der Waals surface area contributed by atoms with E-state index in [1.807, 2.05) is 12.1 Å². The molecule has 0 N–H and O–H groups in total. The van der Waals surface area contributed by atoms with Gasteiger partial charge in [-0.15, -0.1) is 0 Å². The van der Waals surface area contributed by atoms with E-state index in [0.29, 0.717) is 16.9 Å². The van der Waals surface area contributed by atoms with Crippen molar-refractivity contribution in [3.8, 4) is 0 Å². The minimum atomic E-state index is -3.21. The molecule has 1 saturated carbocycles. The highest BCUT2D eigenvalue weighted by Gasteiger charge is 2.56. The van der Waals surface area contributed by atoms with Gasteiger partial charge < -0.3 is 4.43 Å². The Kier molecular flexibility index (Phi) is 6.66. The molecule has 1 aliphatic rings. The molecule has 0 spiro atoms. The van der Waals surface area contributed by atoms with Crippen molar-refractivity contribution in [2.24, 2.45) is 17.3 Å². The molecule has 1 aliphatic carbocycles. The van der Waals surface area contributed by atoms with Gasteiger partial charge in [0.15, 0.2) is 9.84 Å². The van der Waals surface area contributed by atoms with Crippen molar-refractivity contribution in [1.29, 1.82) is 0 Å². The number of benzene rings is 2. The first-order valence-corrected chi connectivity index (χ1v) is 13.5. The van der Waals surface area contributed by atoms with E-state index >= 15 is 0 Å². The van der Waals surface area contributed by atoms with Crippen molar-refractivity contribution < 1.29 is 12.8 Å². The Hall–Kier alpha value is -1.43. The fourth-order valence-electron chi connectivity index (χ4n) is 5.86. The summed E-state index contributed by atoms with van der Waals surface area (Å²) in [6.45, 7) is 8.98. The molecule has 5 heteroatoms. The minimum Gasteiger partial charge on any atom is -0.420 e. The van der Waals surface area contributed by atoms with E-state index in [1.54, 1.807) is 0 Å². The van der Waals surface area contributed by atoms with Crippen LogP contribution in [0.5, 0.6) is 0 Å². The summed E-state index contributed by atoms with van der Waals surface area (Å²) in [6, 6.07) is 21.3. The van der Waals surface area contributed by atoms with Crippen LogP contribution in [-0.4, -0.2) is 30.4 Å². The Balaban J connectivity index is 2.34. The second kappa shape index (κ2) is 8.60. The van der Waals surface area contributed by atoms with Gasteiger partial charge in [0, 0.05) is 11.7 Å². The topological polar surface area (TPSA) is 43.4 Å². The normalized spacial score (nSPS) is 24.1. The zero-order chi connectivity index (χ0) is 22.2. The molecule has 0 amide bonds. The van der Waals surface area contributed by atoms with Gasteiger partial charge in [-0.1, -0.05) is 88.4 Å². The van der Waals surface area contributed by atoms with Gasteiger partial charge in [-0.25, -0.2) is 8.42 Å². The predicted molar refractivity (Wildman–Crippen MR) is 128 cm³/mol. The molecule has 0 bridgehead atoms. The van der Waals surface area contributed by atoms with Gasteiger partial charge in [0.1, 0.15) is 10.5 Å². The summed E-state index contributed by atoms with van der Waals surface area (Å²) in [7, 11) is -2.63. The first kappa shape index (κ1) is 23.2. The van der Waals surface area contributed by atoms with Gasteiger partial charge >= 0.3 is 0 Å². The van der Waals surface area contributed by atoms with Crippen LogP contribution in [0.1, 0.15) is 51.7 Å². The van der Waals surface area contributed by atoms with E-state index in [-0.39, 0.29) is 22.7 Å². The predicted octanol–water partition coefficient (Wildman–Crippen LogP) is 4.31. The summed E-state index contributed by atoms with van der Waals surface area (Å²) in [5, 5.41) is -0.422. The van der Waals surface area contributed by atoms with Crippen molar-refractivity contribution in [3.63, 3.8) is 0 Å². The van der Waals surface area contributed by atoms with Crippen LogP contribution in [0.25, 0.3) is 0 Å². The van der Waals surface area contributed by atoms with E-state index in [1.165, 1.54) is 17.4 Å². The summed E-state index contributed by atoms with van der Waals surface area (Å²) < 4.78 is 31.5. The van der Waals surface area contributed by atoms with Gasteiger partial charge in [-0.2, -0.15) is 0 Å². The highest BCUT2D eigenvalue weighted by atomic mass is 32.2. The molecule has 1 radical (unpaired) electrons. The minimum absolute atomic E-state index is 0.000189. The Morgan fingerprint density at radius 3 is 1.73 bits per heavy atom. The molecule has 163 valence electrons. The molecule has 1 fully saturated rings. The second-order valence-electron chi connectivity index (χ2n) is 9.77. The van der Waals surface area contributed by atoms with E-state index < -0.39 is 15.1 Å². The van der Waals surface area contributed by atoms with Gasteiger partial charge in [0.25, 0.3) is 0 Å². The Morgan fingerprint density at radius 2 is 1.37 bits per heavy atom. The van der Waals surface area contributed by atoms with Crippen LogP contribution in [-0.2, 0) is 19.7 Å². The summed E-state index contributed by atoms with van der Waals surface area (Å²) in [4.78, 5) is 0. The molecule has 3 rings (SSSR count). The van der Waals surface area contributed by atoms with Crippen molar-refractivity contribution in [2.45, 2.75) is 51.2 Å². The SMILES string of the molecule is CC1C(C(c2ccccc2)(c2ccccc2)C(C)(C)C)C[C](O[SiH3])CC1S(C)(=O)=O. The lowest BCUT2D eigenvalue weighted by molar-refractivity contribution is 0.0608. The number of hydrogen-bond donors (Lipinski definition) is 0. The van der Waals surface area contributed by atoms with E-state index in [2.05, 4.69) is 76.2 Å². The van der Waals surface area contributed by atoms with Gasteiger partial charge in [0.05, 0.1) is 11.4 Å². The largest absolute Gasteiger partial charge is 0.420 e. The fraction of sp³-hybridized carbons (Fsp3) is 0.480. The molecule has 2 aromatic carbocycles. The van der Waals surface area contributed by atoms with Crippen LogP contribution in [0.3, 0.4) is 0 Å². The van der Waals surface area contributed by atoms with Crippen LogP contribution in [0.15, 0.2) is 60.7 Å². The maximum atomic E-state index is 12.8. The molecule has 0 saturated heterocycles. The molecule has 30 heavy (non-hydrogen) atoms. The lowest BCUT2D eigenvalue weighted by Gasteiger charge is -2.56. The fourth-order valence-corrected chi connectivity index (χ4v) is 7.65. The Bertz CT molecular complexity index is 896. The number of sulfone groups is 1. The van der Waals surface area contributed by atoms with Crippen LogP contribution in [0.2, 0.25) is 0 Å². The molecule has 3 unspecified atom stereocenters. The average molecular weight is 444 g/mol. The monoisotopic (exact) mass is 443 g/mol. The third kappa shape index (κ3) is 4.04. The maximum Gasteiger partial charge on any atom is 0.150 e. The molecule has 3 nitrogen and oxygen atoms in total. The van der Waals surface area contributed by atoms with Crippen molar-refractivity contribution in [3.05, 3.63) is 77.9 Å². The zero-order valence-corrected chi connectivity index (χ0v) is 21.9. The summed E-state index contributed by atoms with van der Waals surface area (Å²) in [5.74, 6) is 0.0972. The highest BCUT2D eigenvalue weighted by molar-refractivity contribution is 7.91. The molecular weight excluding hydrogens is 408 g/mol. The lowest BCUT2D eigenvalue weighted by atomic mass is 9.49. The van der Waals surface area contributed by atoms with Crippen LogP contribution >= 0.6 is 0 Å². The lowest BCUT2D eigenvalue weighted by Crippen LogP contribution is -2.55. The molecule has 2 aromatic rings. The van der Waals surface area contributed by atoms with Crippen molar-refractivity contribution in [2.75, 3.05) is 6.26 Å². The quantitative estimate of drug-likeness (QED) is 0.647. The first-order chi connectivity index (χ1) is 14.0. The van der Waals surface area contributed by atoms with E-state index in [0.717, 1.165) is 12.5 Å². The van der Waals surface area contributed by atoms with Crippen molar-refractivity contribution >= 4 is 20.3 Å². The Labute approximate surface area is 185 Å². The zero-order valence-electron chi connectivity index (χ0n) is 19.1. The second-order valence-corrected chi connectivity index (χ2v) is 12.4. The molecule has 0 aromatic heterocycles. The summed E-state index contributed by atoms with van der Waals surface area (Å²) in [6.07, 6.45) is 3.63. The van der Waals surface area contributed by atoms with Crippen LogP contribution in [0, 0.1) is 23.4 Å². The smallest absolute Gasteiger partial charge is 0.150 e. The van der Waals surface area contributed by atoms with Crippen LogP contribution in [0.4, 0.5) is 0 Å². The van der Waals surface area contributed by atoms with Gasteiger partial charge in [-0.3, -0.25) is 0 Å². The number of rotatable bonds is 5. The maximum absolute atomic E-state index is 12.8. The Morgan fingerprint density at radius 1 is 0.900 bits per heavy atom. The summed E-state index contributed by atoms with van der Waals surface area (Å²) >= 11 is 0. The number of hydrogen-bond acceptors (Lipinski definition) is 3. The van der Waals surface area contributed by atoms with E-state index in [9.17, 15) is 8.42 Å². The average Bonchev–Trinajstić information content (AvgIpc) is 2.69. The summed E-state index contributed by atoms with van der Waals surface area (Å²) in [5.41, 5.74) is 1.97. The third-order valence-corrected chi connectivity index (χ3v) is 9.41. The molecule has 3 atom stereocenters. The standard InChI is InChI=1S/C25H35O3SSi/c1-18-22(16-21(28-30)17-23(18)29(5,26)27)25(24(2,3)4,19-12-8-6-9-13-19)20-14-10-7-11-15-20/h6-15,18,22-23H,16-17H2,1-5,30H3. The van der Waals surface area contributed by atoms with Crippen molar-refractivity contribution in [1.82, 2.24) is 0 Å². The molecule has 0 aliphatic heterocycles.